The zero-order valence-electron chi connectivity index (χ0n) is 11.9. The van der Waals surface area contributed by atoms with E-state index in [0.29, 0.717) is 16.4 Å². The number of rotatable bonds is 5. The van der Waals surface area contributed by atoms with Crippen LogP contribution < -0.4 is 0 Å². The van der Waals surface area contributed by atoms with E-state index >= 15 is 0 Å². The summed E-state index contributed by atoms with van der Waals surface area (Å²) in [7, 11) is 3.96. The van der Waals surface area contributed by atoms with Crippen LogP contribution >= 0.6 is 11.6 Å². The second kappa shape index (κ2) is 5.54. The Hall–Kier alpha value is -1.79. The summed E-state index contributed by atoms with van der Waals surface area (Å²) in [4.78, 5) is 14.5. The van der Waals surface area contributed by atoms with Crippen molar-refractivity contribution in [2.45, 2.75) is 18.9 Å². The fourth-order valence-electron chi connectivity index (χ4n) is 2.48. The summed E-state index contributed by atoms with van der Waals surface area (Å²) in [5.74, 6) is 0.738. The molecule has 1 heterocycles. The number of nitrogens with one attached hydrogen (secondary N) is 1. The molecule has 0 spiro atoms. The van der Waals surface area contributed by atoms with Crippen molar-refractivity contribution in [1.29, 1.82) is 0 Å². The maximum absolute atomic E-state index is 12.4. The molecule has 110 valence electrons. The molecular formula is C14H16ClN5O. The van der Waals surface area contributed by atoms with E-state index in [2.05, 4.69) is 20.6 Å². The number of halogens is 1. The van der Waals surface area contributed by atoms with E-state index < -0.39 is 0 Å². The number of H-pyrrole nitrogens is 1. The van der Waals surface area contributed by atoms with Crippen LogP contribution in [-0.4, -0.2) is 45.4 Å². The summed E-state index contributed by atoms with van der Waals surface area (Å²) < 4.78 is 0. The molecule has 2 atom stereocenters. The number of Topliss-reactive ketones (excluding diaryl/α,β-unsaturated/α-hetero) is 1. The summed E-state index contributed by atoms with van der Waals surface area (Å²) in [6.07, 6.45) is 0.773. The van der Waals surface area contributed by atoms with E-state index in [-0.39, 0.29) is 17.6 Å². The monoisotopic (exact) mass is 305 g/mol. The Labute approximate surface area is 127 Å². The van der Waals surface area contributed by atoms with Gasteiger partial charge in [-0.3, -0.25) is 4.79 Å². The largest absolute Gasteiger partial charge is 0.305 e. The number of hydrogen-bond acceptors (Lipinski definition) is 5. The number of benzene rings is 1. The first kappa shape index (κ1) is 14.2. The number of tetrazole rings is 1. The van der Waals surface area contributed by atoms with Gasteiger partial charge in [0.05, 0.1) is 0 Å². The van der Waals surface area contributed by atoms with Gasteiger partial charge in [-0.1, -0.05) is 28.9 Å². The van der Waals surface area contributed by atoms with Crippen molar-refractivity contribution >= 4 is 17.4 Å². The van der Waals surface area contributed by atoms with Crippen LogP contribution in [0.2, 0.25) is 5.02 Å². The third-order valence-electron chi connectivity index (χ3n) is 3.64. The molecule has 1 aliphatic carbocycles. The van der Waals surface area contributed by atoms with Gasteiger partial charge in [0.1, 0.15) is 0 Å². The minimum absolute atomic E-state index is 0.0571. The van der Waals surface area contributed by atoms with E-state index in [0.717, 1.165) is 18.5 Å². The van der Waals surface area contributed by atoms with Crippen LogP contribution in [0.5, 0.6) is 0 Å². The first-order valence-corrected chi connectivity index (χ1v) is 7.14. The normalized spacial score (nSPS) is 20.8. The Balaban J connectivity index is 1.73. The van der Waals surface area contributed by atoms with Crippen LogP contribution in [0.4, 0.5) is 0 Å². The average Bonchev–Trinajstić information content (AvgIpc) is 3.05. The van der Waals surface area contributed by atoms with Crippen LogP contribution in [-0.2, 0) is 6.54 Å². The van der Waals surface area contributed by atoms with Gasteiger partial charge in [-0.2, -0.15) is 5.21 Å². The van der Waals surface area contributed by atoms with Crippen LogP contribution in [0.3, 0.4) is 0 Å². The van der Waals surface area contributed by atoms with Gasteiger partial charge < -0.3 is 4.90 Å². The van der Waals surface area contributed by atoms with Gasteiger partial charge >= 0.3 is 0 Å². The molecular weight excluding hydrogens is 290 g/mol. The number of carbonyl (C=O) groups excluding carboxylic acids is 1. The summed E-state index contributed by atoms with van der Waals surface area (Å²) in [6, 6.07) is 5.52. The average molecular weight is 306 g/mol. The highest BCUT2D eigenvalue weighted by Crippen LogP contribution is 2.47. The number of carbonyl (C=O) groups is 1. The Bertz CT molecular complexity index is 655. The molecule has 0 aliphatic heterocycles. The predicted octanol–water partition coefficient (Wildman–Crippen LogP) is 1.90. The summed E-state index contributed by atoms with van der Waals surface area (Å²) in [5, 5.41) is 14.5. The molecule has 0 unspecified atom stereocenters. The topological polar surface area (TPSA) is 74.8 Å². The lowest BCUT2D eigenvalue weighted by Crippen LogP contribution is -2.11. The highest BCUT2D eigenvalue weighted by molar-refractivity contribution is 6.31. The van der Waals surface area contributed by atoms with Gasteiger partial charge in [-0.15, -0.1) is 10.2 Å². The van der Waals surface area contributed by atoms with Crippen molar-refractivity contribution in [1.82, 2.24) is 25.5 Å². The number of hydrogen-bond donors (Lipinski definition) is 1. The highest BCUT2D eigenvalue weighted by atomic mass is 35.5. The van der Waals surface area contributed by atoms with E-state index in [1.807, 2.05) is 31.1 Å². The van der Waals surface area contributed by atoms with Gasteiger partial charge in [0.15, 0.2) is 11.6 Å². The van der Waals surface area contributed by atoms with Crippen molar-refractivity contribution in [3.05, 3.63) is 40.2 Å². The molecule has 21 heavy (non-hydrogen) atoms. The zero-order valence-corrected chi connectivity index (χ0v) is 12.6. The lowest BCUT2D eigenvalue weighted by Gasteiger charge is -2.12. The van der Waals surface area contributed by atoms with Crippen molar-refractivity contribution in [3.8, 4) is 0 Å². The molecule has 0 saturated heterocycles. The predicted molar refractivity (Wildman–Crippen MR) is 78.2 cm³/mol. The maximum Gasteiger partial charge on any atom is 0.178 e. The maximum atomic E-state index is 12.4. The fourth-order valence-corrected chi connectivity index (χ4v) is 2.72. The molecule has 2 aromatic rings. The van der Waals surface area contributed by atoms with E-state index in [9.17, 15) is 4.79 Å². The van der Waals surface area contributed by atoms with Crippen molar-refractivity contribution in [2.24, 2.45) is 5.92 Å². The van der Waals surface area contributed by atoms with Gasteiger partial charge in [0.25, 0.3) is 0 Å². The van der Waals surface area contributed by atoms with Crippen molar-refractivity contribution in [2.75, 3.05) is 14.1 Å². The van der Waals surface area contributed by atoms with Gasteiger partial charge in [0.2, 0.25) is 0 Å². The molecule has 1 N–H and O–H groups in total. The molecule has 1 saturated carbocycles. The smallest absolute Gasteiger partial charge is 0.178 e. The first-order valence-electron chi connectivity index (χ1n) is 6.77. The van der Waals surface area contributed by atoms with E-state index in [4.69, 9.17) is 11.6 Å². The lowest BCUT2D eigenvalue weighted by molar-refractivity contribution is 0.0965. The Kier molecular flexibility index (Phi) is 3.73. The molecule has 0 bridgehead atoms. The Morgan fingerprint density at radius 3 is 2.90 bits per heavy atom. The Morgan fingerprint density at radius 1 is 1.48 bits per heavy atom. The number of aromatic nitrogens is 4. The van der Waals surface area contributed by atoms with Crippen LogP contribution in [0.25, 0.3) is 0 Å². The highest BCUT2D eigenvalue weighted by Gasteiger charge is 2.46. The van der Waals surface area contributed by atoms with Gasteiger partial charge in [0, 0.05) is 29.0 Å². The fraction of sp³-hybridized carbons (Fsp3) is 0.429. The zero-order chi connectivity index (χ0) is 15.0. The minimum atomic E-state index is -0.0571. The van der Waals surface area contributed by atoms with Crippen molar-refractivity contribution < 1.29 is 4.79 Å². The second-order valence-corrected chi connectivity index (χ2v) is 6.03. The summed E-state index contributed by atoms with van der Waals surface area (Å²) in [6.45, 7) is 0.752. The molecule has 0 amide bonds. The van der Waals surface area contributed by atoms with Crippen LogP contribution in [0.15, 0.2) is 18.2 Å². The third kappa shape index (κ3) is 2.96. The quantitative estimate of drug-likeness (QED) is 0.854. The minimum Gasteiger partial charge on any atom is -0.305 e. The number of ketones is 1. The SMILES string of the molecule is CN(C)Cc1ccc(C(=O)[C@H]2C[C@@H]2c2nn[nH]n2)cc1Cl. The standard InChI is InChI=1S/C14H16ClN5O/c1-20(2)7-9-4-3-8(5-12(9)15)13(21)10-6-11(10)14-16-18-19-17-14/h3-5,10-11H,6-7H2,1-2H3,(H,16,17,18,19)/t10-,11-/m0/s1. The molecule has 1 aromatic heterocycles. The molecule has 1 fully saturated rings. The first-order chi connectivity index (χ1) is 10.1. The molecule has 1 aromatic carbocycles. The molecule has 6 nitrogen and oxygen atoms in total. The molecule has 1 aliphatic rings. The molecule has 7 heteroatoms. The lowest BCUT2D eigenvalue weighted by atomic mass is 10.0. The summed E-state index contributed by atoms with van der Waals surface area (Å²) in [5.41, 5.74) is 1.67. The number of aromatic amines is 1. The van der Waals surface area contributed by atoms with E-state index in [1.165, 1.54) is 0 Å². The second-order valence-electron chi connectivity index (χ2n) is 5.63. The van der Waals surface area contributed by atoms with E-state index in [1.54, 1.807) is 6.07 Å². The van der Waals surface area contributed by atoms with Crippen LogP contribution in [0, 0.1) is 5.92 Å². The summed E-state index contributed by atoms with van der Waals surface area (Å²) >= 11 is 6.26. The van der Waals surface area contributed by atoms with Gasteiger partial charge in [-0.05, 0) is 32.1 Å². The third-order valence-corrected chi connectivity index (χ3v) is 4.00. The van der Waals surface area contributed by atoms with Crippen molar-refractivity contribution in [3.63, 3.8) is 0 Å². The molecule has 3 rings (SSSR count). The Morgan fingerprint density at radius 2 is 2.29 bits per heavy atom. The van der Waals surface area contributed by atoms with Gasteiger partial charge in [-0.25, -0.2) is 0 Å². The number of nitrogens with zero attached hydrogens (tertiary/aromatic N) is 4. The molecule has 0 radical (unpaired) electrons. The van der Waals surface area contributed by atoms with Crippen LogP contribution in [0.1, 0.15) is 34.1 Å².